The van der Waals surface area contributed by atoms with Gasteiger partial charge in [-0.15, -0.1) is 0 Å². The Morgan fingerprint density at radius 2 is 0.989 bits per heavy atom. The summed E-state index contributed by atoms with van der Waals surface area (Å²) in [5.74, 6) is -0.638. The molecule has 25 nitrogen and oxygen atoms in total. The molecular weight excluding hydrogens is 1290 g/mol. The number of ether oxygens (including phenoxy) is 10. The minimum Gasteiger partial charge on any atom is -0.443 e. The van der Waals surface area contributed by atoms with Crippen LogP contribution >= 0.6 is 61.9 Å². The van der Waals surface area contributed by atoms with Gasteiger partial charge in [-0.3, -0.25) is 14.6 Å². The molecule has 2 saturated carbocycles. The number of halogens is 2. The van der Waals surface area contributed by atoms with Gasteiger partial charge in [0.05, 0.1) is 36.4 Å². The lowest BCUT2D eigenvalue weighted by Crippen LogP contribution is -2.43. The predicted molar refractivity (Wildman–Crippen MR) is 349 cm³/mol. The zero-order valence-electron chi connectivity index (χ0n) is 54.0. The first kappa shape index (κ1) is 72.6. The second kappa shape index (κ2) is 27.1. The molecule has 8 heterocycles. The van der Waals surface area contributed by atoms with Crippen LogP contribution in [0.4, 0.5) is 21.2 Å². The van der Waals surface area contributed by atoms with Gasteiger partial charge < -0.3 is 56.5 Å². The number of aromatic nitrogens is 8. The third-order valence-electron chi connectivity index (χ3n) is 16.8. The van der Waals surface area contributed by atoms with E-state index in [2.05, 4.69) is 42.8 Å². The number of thioether (sulfide) groups is 1. The molecule has 4 aliphatic heterocycles. The van der Waals surface area contributed by atoms with Gasteiger partial charge in [-0.2, -0.15) is 42.8 Å². The molecule has 0 bridgehead atoms. The quantitative estimate of drug-likeness (QED) is 0.0584. The van der Waals surface area contributed by atoms with Crippen LogP contribution in [0.2, 0.25) is 10.6 Å². The van der Waals surface area contributed by atoms with Gasteiger partial charge in [-0.1, -0.05) is 44.9 Å². The summed E-state index contributed by atoms with van der Waals surface area (Å²) in [6.07, 6.45) is 4.47. The van der Waals surface area contributed by atoms with Crippen molar-refractivity contribution in [3.63, 3.8) is 0 Å². The molecule has 90 heavy (non-hydrogen) atoms. The summed E-state index contributed by atoms with van der Waals surface area (Å²) in [4.78, 5) is 60.1. The van der Waals surface area contributed by atoms with Crippen LogP contribution in [-0.4, -0.2) is 190 Å². The monoisotopic (exact) mass is 1380 g/mol. The van der Waals surface area contributed by atoms with E-state index in [1.807, 2.05) is 69.2 Å². The molecular formula is C59H92Cl2N10O15P2S2. The number of hydrogen-bond donors (Lipinski definition) is 1. The molecule has 10 atom stereocenters. The van der Waals surface area contributed by atoms with Gasteiger partial charge in [-0.05, 0) is 159 Å². The van der Waals surface area contributed by atoms with Crippen molar-refractivity contribution in [3.8, 4) is 0 Å². The standard InChI is InChI=1S/C30H45ClN5O8PS.C28H43ClN5O7PS.CH4/c1-17(37)46-16-30(7,45(8,9)39)40-15-20-21-22(43-29(5,6)42-21)25(41-20)36-24-19(14-32-36)23(33-26(31)34-24)35(18-12-10-11-13-18)27(38)44-28(2,3)4;1-26(2,3)41-25(35)33(16-11-9-10-12-16)21-17-13-30-34(22(17)32-24(29)31-21)23-20-19(39-27(4,5)40-20)18(38-23)14-37-28(6,15-43)42(7,8)36;/h14,18,20-22,25H,10-13,15-16H2,1-9H3;13,16,18-20,23,43H,9-12,14-15H2,1-8H3;1H4/t20-,21-,22-,25-,30?;18-,19-,20-,23-,28?;/m11./s1. The van der Waals surface area contributed by atoms with Crippen LogP contribution in [0.25, 0.3) is 22.1 Å². The molecule has 0 spiro atoms. The van der Waals surface area contributed by atoms with Crippen molar-refractivity contribution in [2.45, 2.75) is 243 Å². The minimum atomic E-state index is -2.82. The third kappa shape index (κ3) is 15.8. The Morgan fingerprint density at radius 1 is 0.633 bits per heavy atom. The molecule has 4 saturated heterocycles. The summed E-state index contributed by atoms with van der Waals surface area (Å²) in [6, 6.07) is -0.209. The van der Waals surface area contributed by atoms with Gasteiger partial charge >= 0.3 is 12.2 Å². The van der Waals surface area contributed by atoms with E-state index >= 15 is 0 Å². The minimum absolute atomic E-state index is 0. The Kier molecular flexibility index (Phi) is 21.8. The summed E-state index contributed by atoms with van der Waals surface area (Å²) < 4.78 is 91.8. The highest BCUT2D eigenvalue weighted by Gasteiger charge is 2.59. The van der Waals surface area contributed by atoms with E-state index in [0.717, 1.165) is 63.1 Å². The molecule has 4 aromatic rings. The van der Waals surface area contributed by atoms with E-state index in [1.165, 1.54) is 6.92 Å². The molecule has 6 fully saturated rings. The normalized spacial score (nSPS) is 26.5. The number of nitrogens with zero attached hydrogens (tertiary/aromatic N) is 10. The fraction of sp³-hybridized carbons (Fsp3) is 0.780. The number of fused-ring (bicyclic) bond motifs is 4. The first-order valence-corrected chi connectivity index (χ1v) is 37.8. The summed E-state index contributed by atoms with van der Waals surface area (Å²) >= 11 is 18.5. The Hall–Kier alpha value is -3.27. The van der Waals surface area contributed by atoms with Crippen molar-refractivity contribution in [1.82, 2.24) is 39.5 Å². The van der Waals surface area contributed by atoms with Crippen molar-refractivity contribution in [3.05, 3.63) is 23.0 Å². The number of rotatable bonds is 17. The summed E-state index contributed by atoms with van der Waals surface area (Å²) in [5, 5.41) is 8.13. The highest BCUT2D eigenvalue weighted by Crippen LogP contribution is 2.56. The zero-order valence-corrected chi connectivity index (χ0v) is 59.0. The number of carbonyl (C=O) groups is 3. The molecule has 2 amide bonds. The van der Waals surface area contributed by atoms with Crippen molar-refractivity contribution in [1.29, 1.82) is 0 Å². The van der Waals surface area contributed by atoms with Crippen molar-refractivity contribution < 1.29 is 70.9 Å². The van der Waals surface area contributed by atoms with Crippen LogP contribution in [0.1, 0.15) is 161 Å². The van der Waals surface area contributed by atoms with Gasteiger partial charge in [0.25, 0.3) is 0 Å². The highest BCUT2D eigenvalue weighted by atomic mass is 35.5. The summed E-state index contributed by atoms with van der Waals surface area (Å²) in [7, 11) is -5.48. The number of hydrogen-bond acceptors (Lipinski definition) is 23. The van der Waals surface area contributed by atoms with Crippen molar-refractivity contribution in [2.75, 3.05) is 61.2 Å². The van der Waals surface area contributed by atoms with E-state index < -0.39 is 109 Å². The molecule has 2 aliphatic carbocycles. The second-order valence-corrected chi connectivity index (χ2v) is 37.2. The van der Waals surface area contributed by atoms with E-state index in [4.69, 9.17) is 70.6 Å². The van der Waals surface area contributed by atoms with Crippen molar-refractivity contribution >= 4 is 113 Å². The van der Waals surface area contributed by atoms with Gasteiger partial charge in [-0.25, -0.2) is 19.0 Å². The molecule has 4 aromatic heterocycles. The second-order valence-electron chi connectivity index (χ2n) is 27.7. The van der Waals surface area contributed by atoms with Crippen molar-refractivity contribution in [2.24, 2.45) is 0 Å². The van der Waals surface area contributed by atoms with Gasteiger partial charge in [0.15, 0.2) is 52.1 Å². The SMILES string of the molecule is C.CC(=O)SCC(C)(OC[C@H]1O[C@@H](n2ncc3c(N(C(=O)OC(C)(C)C)C4CCCC4)nc(Cl)nc32)[C@@H]2OC(C)(C)O[C@@H]21)P(C)(C)=O.CC(C)(C)OC(=O)N(c1nc(Cl)nc2c1cnn2[C@@H]1O[C@H](COC(C)(CS)P(C)(C)=O)[C@H]2OC(C)(C)O[C@H]21)C1CCCC1. The van der Waals surface area contributed by atoms with Crippen LogP contribution in [0.5, 0.6) is 0 Å². The molecule has 0 aromatic carbocycles. The Bertz CT molecular complexity index is 3360. The number of thiol groups is 1. The molecule has 6 aliphatic rings. The molecule has 31 heteroatoms. The molecule has 10 rings (SSSR count). The maximum atomic E-state index is 13.6. The Morgan fingerprint density at radius 3 is 1.32 bits per heavy atom. The maximum absolute atomic E-state index is 13.6. The lowest BCUT2D eigenvalue weighted by molar-refractivity contribution is -0.205. The van der Waals surface area contributed by atoms with Gasteiger partial charge in [0.2, 0.25) is 10.6 Å². The molecule has 504 valence electrons. The first-order chi connectivity index (χ1) is 41.2. The van der Waals surface area contributed by atoms with Crippen LogP contribution in [0.15, 0.2) is 12.4 Å². The van der Waals surface area contributed by atoms with Gasteiger partial charge in [0, 0.05) is 30.5 Å². The molecule has 2 unspecified atom stereocenters. The van der Waals surface area contributed by atoms with Gasteiger partial charge in [0.1, 0.15) is 72.8 Å². The average Bonchev–Trinajstić information content (AvgIpc) is 1.58. The van der Waals surface area contributed by atoms with E-state index in [0.29, 0.717) is 33.7 Å². The van der Waals surface area contributed by atoms with E-state index in [1.54, 1.807) is 72.1 Å². The Balaban J connectivity index is 0.000000230. The lowest BCUT2D eigenvalue weighted by atomic mass is 10.1. The van der Waals surface area contributed by atoms with Crippen LogP contribution in [-0.2, 0) is 61.3 Å². The average molecular weight is 1380 g/mol. The number of anilines is 2. The van der Waals surface area contributed by atoms with E-state index in [-0.39, 0.29) is 59.9 Å². The summed E-state index contributed by atoms with van der Waals surface area (Å²) in [6.45, 7) is 30.1. The fourth-order valence-electron chi connectivity index (χ4n) is 11.7. The smallest absolute Gasteiger partial charge is 0.416 e. The first-order valence-electron chi connectivity index (χ1n) is 30.2. The highest BCUT2D eigenvalue weighted by molar-refractivity contribution is 8.13. The number of carbonyl (C=O) groups excluding carboxylic acids is 3. The number of amides is 2. The Labute approximate surface area is 547 Å². The van der Waals surface area contributed by atoms with E-state index in [9.17, 15) is 23.5 Å². The maximum Gasteiger partial charge on any atom is 0.416 e. The fourth-order valence-corrected chi connectivity index (χ4v) is 16.3. The summed E-state index contributed by atoms with van der Waals surface area (Å²) in [5.41, 5.74) is -0.674. The third-order valence-corrected chi connectivity index (χ3v) is 24.4. The lowest BCUT2D eigenvalue weighted by Gasteiger charge is -2.34. The van der Waals surface area contributed by atoms with Crippen LogP contribution in [0.3, 0.4) is 0 Å². The largest absolute Gasteiger partial charge is 0.443 e. The molecule has 0 N–H and O–H groups in total. The topological polar surface area (TPSA) is 271 Å². The zero-order chi connectivity index (χ0) is 65.4. The molecule has 0 radical (unpaired) electrons. The van der Waals surface area contributed by atoms with Crippen LogP contribution in [0, 0.1) is 0 Å². The van der Waals surface area contributed by atoms with Crippen LogP contribution < -0.4 is 9.80 Å². The predicted octanol–water partition coefficient (Wildman–Crippen LogP) is 12.7.